The molecule has 0 N–H and O–H groups in total. The second-order valence-electron chi connectivity index (χ2n) is 6.27. The molecular weight excluding hydrogens is 363 g/mol. The molecule has 0 spiro atoms. The number of nitrogens with zero attached hydrogens (tertiary/aromatic N) is 5. The van der Waals surface area contributed by atoms with Gasteiger partial charge in [-0.05, 0) is 24.7 Å². The highest BCUT2D eigenvalue weighted by atomic mass is 32.2. The van der Waals surface area contributed by atoms with Crippen molar-refractivity contribution in [2.24, 2.45) is 7.05 Å². The lowest BCUT2D eigenvalue weighted by Gasteiger charge is -2.15. The van der Waals surface area contributed by atoms with Gasteiger partial charge in [-0.3, -0.25) is 0 Å². The van der Waals surface area contributed by atoms with Gasteiger partial charge >= 0.3 is 6.18 Å². The maximum Gasteiger partial charge on any atom is 0.433 e. The van der Waals surface area contributed by atoms with Crippen LogP contribution >= 0.6 is 11.8 Å². The van der Waals surface area contributed by atoms with E-state index in [2.05, 4.69) is 21.5 Å². The lowest BCUT2D eigenvalue weighted by atomic mass is 10.2. The number of alkyl halides is 3. The Bertz CT molecular complexity index is 973. The monoisotopic (exact) mass is 381 g/mol. The van der Waals surface area contributed by atoms with Crippen LogP contribution in [0.5, 0.6) is 0 Å². The zero-order chi connectivity index (χ0) is 18.5. The van der Waals surface area contributed by atoms with Gasteiger partial charge in [0.15, 0.2) is 5.82 Å². The zero-order valence-electron chi connectivity index (χ0n) is 14.5. The Kier molecular flexibility index (Phi) is 4.21. The summed E-state index contributed by atoms with van der Waals surface area (Å²) in [6, 6.07) is 1.00. The van der Waals surface area contributed by atoms with Gasteiger partial charge in [0, 0.05) is 20.0 Å². The van der Waals surface area contributed by atoms with Crippen LogP contribution in [0.1, 0.15) is 31.3 Å². The normalized spacial score (nSPS) is 14.8. The minimum absolute atomic E-state index is 0.281. The third-order valence-corrected chi connectivity index (χ3v) is 5.56. The van der Waals surface area contributed by atoms with Crippen LogP contribution in [0.25, 0.3) is 22.6 Å². The van der Waals surface area contributed by atoms with Crippen molar-refractivity contribution in [1.29, 1.82) is 0 Å². The van der Waals surface area contributed by atoms with Crippen molar-refractivity contribution < 1.29 is 13.2 Å². The molecule has 138 valence electrons. The molecule has 3 aromatic rings. The summed E-state index contributed by atoms with van der Waals surface area (Å²) in [6.45, 7) is 3.00. The first-order chi connectivity index (χ1) is 12.4. The van der Waals surface area contributed by atoms with Crippen molar-refractivity contribution in [3.05, 3.63) is 23.8 Å². The van der Waals surface area contributed by atoms with Gasteiger partial charge < -0.3 is 9.13 Å². The third-order valence-electron chi connectivity index (χ3n) is 4.58. The van der Waals surface area contributed by atoms with E-state index < -0.39 is 11.9 Å². The van der Waals surface area contributed by atoms with Crippen LogP contribution in [-0.2, 0) is 26.2 Å². The molecule has 1 aliphatic heterocycles. The van der Waals surface area contributed by atoms with E-state index in [1.165, 1.54) is 6.20 Å². The molecule has 9 heteroatoms. The SMILES string of the molecule is CCSc1c(-c2nc3cc(C(F)(F)F)ncc3n2C)nc2n1CCCC2. The highest BCUT2D eigenvalue weighted by molar-refractivity contribution is 7.99. The van der Waals surface area contributed by atoms with Crippen LogP contribution in [-0.4, -0.2) is 29.8 Å². The molecule has 1 aliphatic rings. The van der Waals surface area contributed by atoms with Gasteiger partial charge in [0.25, 0.3) is 0 Å². The fourth-order valence-corrected chi connectivity index (χ4v) is 4.24. The van der Waals surface area contributed by atoms with E-state index in [9.17, 15) is 13.2 Å². The van der Waals surface area contributed by atoms with Crippen molar-refractivity contribution >= 4 is 22.8 Å². The van der Waals surface area contributed by atoms with Crippen LogP contribution in [0.15, 0.2) is 17.3 Å². The average Bonchev–Trinajstić information content (AvgIpc) is 3.13. The van der Waals surface area contributed by atoms with Gasteiger partial charge in [0.2, 0.25) is 0 Å². The Morgan fingerprint density at radius 3 is 2.77 bits per heavy atom. The highest BCUT2D eigenvalue weighted by Crippen LogP contribution is 2.36. The van der Waals surface area contributed by atoms with Crippen LogP contribution in [0.3, 0.4) is 0 Å². The lowest BCUT2D eigenvalue weighted by Crippen LogP contribution is -2.11. The molecule has 0 amide bonds. The van der Waals surface area contributed by atoms with Crippen molar-refractivity contribution in [2.75, 3.05) is 5.75 Å². The van der Waals surface area contributed by atoms with Crippen LogP contribution in [0.4, 0.5) is 13.2 Å². The summed E-state index contributed by atoms with van der Waals surface area (Å²) in [5.74, 6) is 2.50. The average molecular weight is 381 g/mol. The summed E-state index contributed by atoms with van der Waals surface area (Å²) in [5, 5.41) is 1.05. The molecule has 5 nitrogen and oxygen atoms in total. The van der Waals surface area contributed by atoms with E-state index in [1.54, 1.807) is 23.4 Å². The Balaban J connectivity index is 1.89. The van der Waals surface area contributed by atoms with Crippen molar-refractivity contribution in [1.82, 2.24) is 24.1 Å². The van der Waals surface area contributed by atoms with Crippen molar-refractivity contribution in [3.8, 4) is 11.5 Å². The van der Waals surface area contributed by atoms with Gasteiger partial charge in [0.1, 0.15) is 22.2 Å². The van der Waals surface area contributed by atoms with E-state index in [0.29, 0.717) is 11.3 Å². The zero-order valence-corrected chi connectivity index (χ0v) is 15.3. The Hall–Kier alpha value is -2.03. The second kappa shape index (κ2) is 6.29. The molecular formula is C17H18F3N5S. The predicted octanol–water partition coefficient (Wildman–Crippen LogP) is 4.30. The number of thioether (sulfide) groups is 1. The summed E-state index contributed by atoms with van der Waals surface area (Å²) < 4.78 is 42.9. The van der Waals surface area contributed by atoms with Gasteiger partial charge in [0.05, 0.1) is 17.2 Å². The molecule has 0 saturated heterocycles. The second-order valence-corrected chi connectivity index (χ2v) is 7.53. The number of hydrogen-bond donors (Lipinski definition) is 0. The van der Waals surface area contributed by atoms with E-state index in [4.69, 9.17) is 4.98 Å². The molecule has 0 atom stereocenters. The number of imidazole rings is 2. The van der Waals surface area contributed by atoms with E-state index in [0.717, 1.165) is 54.2 Å². The molecule has 0 radical (unpaired) electrons. The van der Waals surface area contributed by atoms with Crippen molar-refractivity contribution in [2.45, 2.75) is 43.9 Å². The molecule has 26 heavy (non-hydrogen) atoms. The maximum atomic E-state index is 12.9. The fourth-order valence-electron chi connectivity index (χ4n) is 3.34. The Labute approximate surface area is 152 Å². The number of aromatic nitrogens is 5. The van der Waals surface area contributed by atoms with Crippen LogP contribution in [0, 0.1) is 0 Å². The first-order valence-corrected chi connectivity index (χ1v) is 9.51. The fraction of sp³-hybridized carbons (Fsp3) is 0.471. The molecule has 0 fully saturated rings. The molecule has 4 heterocycles. The minimum Gasteiger partial charge on any atom is -0.324 e. The van der Waals surface area contributed by atoms with E-state index in [1.807, 2.05) is 0 Å². The minimum atomic E-state index is -4.48. The number of pyridine rings is 1. The smallest absolute Gasteiger partial charge is 0.324 e. The van der Waals surface area contributed by atoms with Crippen molar-refractivity contribution in [3.63, 3.8) is 0 Å². The Morgan fingerprint density at radius 1 is 1.23 bits per heavy atom. The quantitative estimate of drug-likeness (QED) is 0.635. The molecule has 0 saturated carbocycles. The highest BCUT2D eigenvalue weighted by Gasteiger charge is 2.33. The molecule has 3 aromatic heterocycles. The standard InChI is InChI=1S/C17H18F3N5S/c1-3-26-16-14(23-13-6-4-5-7-25(13)16)15-22-10-8-12(17(18,19)20)21-9-11(10)24(15)2/h8-9H,3-7H2,1-2H3. The first-order valence-electron chi connectivity index (χ1n) is 8.52. The summed E-state index contributed by atoms with van der Waals surface area (Å²) in [7, 11) is 1.79. The topological polar surface area (TPSA) is 48.5 Å². The van der Waals surface area contributed by atoms with Gasteiger partial charge in [-0.2, -0.15) is 13.2 Å². The summed E-state index contributed by atoms with van der Waals surface area (Å²) in [6.07, 6.45) is -0.115. The van der Waals surface area contributed by atoms with E-state index in [-0.39, 0.29) is 5.52 Å². The lowest BCUT2D eigenvalue weighted by molar-refractivity contribution is -0.141. The number of halogens is 3. The maximum absolute atomic E-state index is 12.9. The molecule has 0 unspecified atom stereocenters. The molecule has 0 aromatic carbocycles. The largest absolute Gasteiger partial charge is 0.433 e. The third kappa shape index (κ3) is 2.78. The Morgan fingerprint density at radius 2 is 2.04 bits per heavy atom. The van der Waals surface area contributed by atoms with Gasteiger partial charge in [-0.1, -0.05) is 6.92 Å². The number of fused-ring (bicyclic) bond motifs is 2. The van der Waals surface area contributed by atoms with Gasteiger partial charge in [-0.15, -0.1) is 11.8 Å². The van der Waals surface area contributed by atoms with Crippen LogP contribution in [0.2, 0.25) is 0 Å². The van der Waals surface area contributed by atoms with E-state index >= 15 is 0 Å². The summed E-state index contributed by atoms with van der Waals surface area (Å²) in [5.41, 5.74) is 0.664. The molecule has 0 bridgehead atoms. The van der Waals surface area contributed by atoms with Crippen LogP contribution < -0.4 is 0 Å². The first kappa shape index (κ1) is 17.4. The van der Waals surface area contributed by atoms with Gasteiger partial charge in [-0.25, -0.2) is 15.0 Å². The number of hydrogen-bond acceptors (Lipinski definition) is 4. The summed E-state index contributed by atoms with van der Waals surface area (Å²) >= 11 is 1.70. The predicted molar refractivity (Wildman–Crippen MR) is 94.1 cm³/mol. The molecule has 0 aliphatic carbocycles. The molecule has 4 rings (SSSR count). The number of aryl methyl sites for hydroxylation is 2. The summed E-state index contributed by atoms with van der Waals surface area (Å²) in [4.78, 5) is 12.8. The number of rotatable bonds is 3.